The van der Waals surface area contributed by atoms with E-state index in [1.54, 1.807) is 0 Å². The Hall–Kier alpha value is -1.71. The van der Waals surface area contributed by atoms with E-state index in [-0.39, 0.29) is 6.03 Å². The number of benzene rings is 1. The van der Waals surface area contributed by atoms with Gasteiger partial charge in [0, 0.05) is 18.5 Å². The minimum absolute atomic E-state index is 0.0270. The maximum atomic E-state index is 11.9. The molecule has 20 heavy (non-hydrogen) atoms. The minimum Gasteiger partial charge on any atom is -0.493 e. The van der Waals surface area contributed by atoms with Crippen molar-refractivity contribution in [3.8, 4) is 5.75 Å². The van der Waals surface area contributed by atoms with Gasteiger partial charge < -0.3 is 15.4 Å². The molecule has 0 saturated heterocycles. The molecule has 1 fully saturated rings. The van der Waals surface area contributed by atoms with Crippen LogP contribution in [-0.4, -0.2) is 25.2 Å². The number of urea groups is 1. The lowest BCUT2D eigenvalue weighted by Crippen LogP contribution is -2.42. The standard InChI is InChI=1S/C16H22N2O2/c19-16(18-13-5-1-2-6-13)17-11-12-9-10-20-15-8-4-3-7-14(12)15/h3-4,7-8,12-13H,1-2,5-6,9-11H2,(H2,17,18,19). The summed E-state index contributed by atoms with van der Waals surface area (Å²) in [6, 6.07) is 8.45. The van der Waals surface area contributed by atoms with Gasteiger partial charge in [-0.05, 0) is 30.9 Å². The molecular formula is C16H22N2O2. The Morgan fingerprint density at radius 3 is 2.85 bits per heavy atom. The molecule has 4 nitrogen and oxygen atoms in total. The van der Waals surface area contributed by atoms with Crippen LogP contribution in [0.15, 0.2) is 24.3 Å². The summed E-state index contributed by atoms with van der Waals surface area (Å²) in [6.45, 7) is 1.41. The fraction of sp³-hybridized carbons (Fsp3) is 0.562. The van der Waals surface area contributed by atoms with Crippen LogP contribution in [-0.2, 0) is 0 Å². The Labute approximate surface area is 119 Å². The molecule has 0 radical (unpaired) electrons. The summed E-state index contributed by atoms with van der Waals surface area (Å²) < 4.78 is 5.64. The number of para-hydroxylation sites is 1. The van der Waals surface area contributed by atoms with Gasteiger partial charge in [-0.3, -0.25) is 0 Å². The molecule has 0 aromatic heterocycles. The molecule has 3 rings (SSSR count). The molecule has 1 unspecified atom stereocenters. The lowest BCUT2D eigenvalue weighted by atomic mass is 9.93. The lowest BCUT2D eigenvalue weighted by molar-refractivity contribution is 0.232. The van der Waals surface area contributed by atoms with Crippen LogP contribution >= 0.6 is 0 Å². The van der Waals surface area contributed by atoms with Crippen LogP contribution < -0.4 is 15.4 Å². The second-order valence-electron chi connectivity index (χ2n) is 5.71. The summed E-state index contributed by atoms with van der Waals surface area (Å²) >= 11 is 0. The summed E-state index contributed by atoms with van der Waals surface area (Å²) in [7, 11) is 0. The van der Waals surface area contributed by atoms with Crippen molar-refractivity contribution in [3.63, 3.8) is 0 Å². The maximum absolute atomic E-state index is 11.9. The third kappa shape index (κ3) is 3.06. The zero-order valence-corrected chi connectivity index (χ0v) is 11.7. The third-order valence-electron chi connectivity index (χ3n) is 4.28. The second-order valence-corrected chi connectivity index (χ2v) is 5.71. The Morgan fingerprint density at radius 1 is 1.20 bits per heavy atom. The Balaban J connectivity index is 1.52. The smallest absolute Gasteiger partial charge is 0.315 e. The predicted molar refractivity (Wildman–Crippen MR) is 78.1 cm³/mol. The molecule has 2 aliphatic rings. The summed E-state index contributed by atoms with van der Waals surface area (Å²) in [5.74, 6) is 1.32. The van der Waals surface area contributed by atoms with Crippen LogP contribution in [0.1, 0.15) is 43.6 Å². The van der Waals surface area contributed by atoms with Crippen molar-refractivity contribution in [1.82, 2.24) is 10.6 Å². The maximum Gasteiger partial charge on any atom is 0.315 e. The van der Waals surface area contributed by atoms with Gasteiger partial charge in [0.15, 0.2) is 0 Å². The van der Waals surface area contributed by atoms with E-state index in [0.29, 0.717) is 18.5 Å². The van der Waals surface area contributed by atoms with Gasteiger partial charge in [-0.25, -0.2) is 4.79 Å². The van der Waals surface area contributed by atoms with Gasteiger partial charge in [0.25, 0.3) is 0 Å². The molecule has 0 bridgehead atoms. The summed E-state index contributed by atoms with van der Waals surface area (Å²) in [5, 5.41) is 6.08. The highest BCUT2D eigenvalue weighted by molar-refractivity contribution is 5.74. The summed E-state index contributed by atoms with van der Waals surface area (Å²) in [4.78, 5) is 11.9. The molecule has 1 aliphatic carbocycles. The first-order chi connectivity index (χ1) is 9.83. The molecule has 108 valence electrons. The molecule has 1 aliphatic heterocycles. The second kappa shape index (κ2) is 6.16. The van der Waals surface area contributed by atoms with E-state index >= 15 is 0 Å². The molecule has 1 aromatic carbocycles. The molecule has 4 heteroatoms. The topological polar surface area (TPSA) is 50.4 Å². The van der Waals surface area contributed by atoms with Gasteiger partial charge >= 0.3 is 6.03 Å². The van der Waals surface area contributed by atoms with E-state index in [1.165, 1.54) is 18.4 Å². The number of nitrogens with one attached hydrogen (secondary N) is 2. The Morgan fingerprint density at radius 2 is 2.00 bits per heavy atom. The zero-order valence-electron chi connectivity index (χ0n) is 11.7. The van der Waals surface area contributed by atoms with Gasteiger partial charge in [-0.15, -0.1) is 0 Å². The Bertz CT molecular complexity index is 469. The Kier molecular flexibility index (Phi) is 4.09. The van der Waals surface area contributed by atoms with E-state index in [1.807, 2.05) is 18.2 Å². The fourth-order valence-corrected chi connectivity index (χ4v) is 3.15. The molecule has 2 N–H and O–H groups in total. The first kappa shape index (κ1) is 13.3. The van der Waals surface area contributed by atoms with Crippen molar-refractivity contribution >= 4 is 6.03 Å². The monoisotopic (exact) mass is 274 g/mol. The highest BCUT2D eigenvalue weighted by atomic mass is 16.5. The SMILES string of the molecule is O=C(NCC1CCOc2ccccc21)NC1CCCC1. The largest absolute Gasteiger partial charge is 0.493 e. The first-order valence-corrected chi connectivity index (χ1v) is 7.59. The number of carbonyl (C=O) groups is 1. The van der Waals surface area contributed by atoms with E-state index in [0.717, 1.165) is 31.6 Å². The number of hydrogen-bond acceptors (Lipinski definition) is 2. The van der Waals surface area contributed by atoms with Crippen molar-refractivity contribution in [1.29, 1.82) is 0 Å². The van der Waals surface area contributed by atoms with Crippen LogP contribution in [0.25, 0.3) is 0 Å². The predicted octanol–water partition coefficient (Wildman–Crippen LogP) is 2.79. The van der Waals surface area contributed by atoms with E-state index in [9.17, 15) is 4.79 Å². The van der Waals surface area contributed by atoms with Gasteiger partial charge in [-0.1, -0.05) is 31.0 Å². The first-order valence-electron chi connectivity index (χ1n) is 7.59. The number of amides is 2. The highest BCUT2D eigenvalue weighted by Gasteiger charge is 2.22. The molecule has 1 heterocycles. The molecule has 1 aromatic rings. The molecule has 1 atom stereocenters. The van der Waals surface area contributed by atoms with Crippen molar-refractivity contribution in [2.45, 2.75) is 44.1 Å². The number of carbonyl (C=O) groups excluding carboxylic acids is 1. The van der Waals surface area contributed by atoms with Gasteiger partial charge in [0.1, 0.15) is 5.75 Å². The van der Waals surface area contributed by atoms with Crippen molar-refractivity contribution < 1.29 is 9.53 Å². The van der Waals surface area contributed by atoms with Crippen LogP contribution in [0.3, 0.4) is 0 Å². The molecular weight excluding hydrogens is 252 g/mol. The molecule has 2 amide bonds. The number of hydrogen-bond donors (Lipinski definition) is 2. The molecule has 0 spiro atoms. The van der Waals surface area contributed by atoms with E-state index in [2.05, 4.69) is 16.7 Å². The summed E-state index contributed by atoms with van der Waals surface area (Å²) in [6.07, 6.45) is 5.67. The van der Waals surface area contributed by atoms with Crippen molar-refractivity contribution in [2.75, 3.05) is 13.2 Å². The number of ether oxygens (including phenoxy) is 1. The van der Waals surface area contributed by atoms with Gasteiger partial charge in [-0.2, -0.15) is 0 Å². The quantitative estimate of drug-likeness (QED) is 0.890. The number of rotatable bonds is 3. The fourth-order valence-electron chi connectivity index (χ4n) is 3.15. The van der Waals surface area contributed by atoms with Crippen LogP contribution in [0.4, 0.5) is 4.79 Å². The zero-order chi connectivity index (χ0) is 13.8. The lowest BCUT2D eigenvalue weighted by Gasteiger charge is -2.26. The average molecular weight is 274 g/mol. The minimum atomic E-state index is -0.0270. The highest BCUT2D eigenvalue weighted by Crippen LogP contribution is 2.32. The molecule has 1 saturated carbocycles. The van der Waals surface area contributed by atoms with Crippen LogP contribution in [0, 0.1) is 0 Å². The van der Waals surface area contributed by atoms with Crippen molar-refractivity contribution in [3.05, 3.63) is 29.8 Å². The summed E-state index contributed by atoms with van der Waals surface area (Å²) in [5.41, 5.74) is 1.21. The van der Waals surface area contributed by atoms with Crippen LogP contribution in [0.2, 0.25) is 0 Å². The normalized spacial score (nSPS) is 21.9. The average Bonchev–Trinajstić information content (AvgIpc) is 2.98. The van der Waals surface area contributed by atoms with Gasteiger partial charge in [0.2, 0.25) is 0 Å². The van der Waals surface area contributed by atoms with E-state index < -0.39 is 0 Å². The number of fused-ring (bicyclic) bond motifs is 1. The van der Waals surface area contributed by atoms with E-state index in [4.69, 9.17) is 4.74 Å². The third-order valence-corrected chi connectivity index (χ3v) is 4.28. The van der Waals surface area contributed by atoms with Gasteiger partial charge in [0.05, 0.1) is 6.61 Å². The van der Waals surface area contributed by atoms with Crippen molar-refractivity contribution in [2.24, 2.45) is 0 Å². The van der Waals surface area contributed by atoms with Crippen LogP contribution in [0.5, 0.6) is 5.75 Å².